The summed E-state index contributed by atoms with van der Waals surface area (Å²) in [6, 6.07) is 56.9. The van der Waals surface area contributed by atoms with Gasteiger partial charge in [0.1, 0.15) is 11.2 Å². The standard InChI is InChI=1S/C45H27N3O/c1-2-13-30(14-3-1)43-46-44(33-22-21-28-11-4-5-15-31(28)25-33)48-45(47-43)34-23-24-37-39-26-32-16-7-9-19-36(32)41(42(39)49-40(37)27-34)38-20-10-17-29-12-6-8-18-35(29)38/h1-27H. The average Bonchev–Trinajstić information content (AvgIpc) is 3.54. The van der Waals surface area contributed by atoms with E-state index in [4.69, 9.17) is 19.4 Å². The molecule has 0 saturated heterocycles. The summed E-state index contributed by atoms with van der Waals surface area (Å²) < 4.78 is 6.86. The SMILES string of the molecule is c1ccc(-c2nc(-c3ccc4ccccc4c3)nc(-c3ccc4c(c3)oc3c(-c5cccc6ccccc56)c5ccccc5cc34)n2)cc1. The minimum atomic E-state index is 0.596. The van der Waals surface area contributed by atoms with Crippen LogP contribution in [-0.4, -0.2) is 15.0 Å². The molecule has 0 amide bonds. The number of hydrogen-bond donors (Lipinski definition) is 0. The first-order chi connectivity index (χ1) is 24.3. The van der Waals surface area contributed by atoms with Crippen molar-refractivity contribution in [2.24, 2.45) is 0 Å². The highest BCUT2D eigenvalue weighted by atomic mass is 16.3. The topological polar surface area (TPSA) is 51.8 Å². The third kappa shape index (κ3) is 4.57. The van der Waals surface area contributed by atoms with Crippen LogP contribution in [-0.2, 0) is 0 Å². The Morgan fingerprint density at radius 1 is 0.347 bits per heavy atom. The van der Waals surface area contributed by atoms with E-state index in [9.17, 15) is 0 Å². The monoisotopic (exact) mass is 625 g/mol. The highest BCUT2D eigenvalue weighted by Crippen LogP contribution is 2.43. The molecule has 0 atom stereocenters. The van der Waals surface area contributed by atoms with E-state index in [1.807, 2.05) is 30.3 Å². The van der Waals surface area contributed by atoms with Crippen molar-refractivity contribution in [3.05, 3.63) is 164 Å². The lowest BCUT2D eigenvalue weighted by Crippen LogP contribution is -2.00. The fraction of sp³-hybridized carbons (Fsp3) is 0. The van der Waals surface area contributed by atoms with Crippen LogP contribution in [0, 0.1) is 0 Å². The molecule has 0 saturated carbocycles. The predicted octanol–water partition coefficient (Wildman–Crippen LogP) is 11.9. The van der Waals surface area contributed by atoms with Crippen LogP contribution in [0.4, 0.5) is 0 Å². The Hall–Kier alpha value is -6.65. The molecular weight excluding hydrogens is 599 g/mol. The normalized spacial score (nSPS) is 11.7. The zero-order valence-corrected chi connectivity index (χ0v) is 26.3. The van der Waals surface area contributed by atoms with Gasteiger partial charge in [0.15, 0.2) is 17.5 Å². The van der Waals surface area contributed by atoms with E-state index in [-0.39, 0.29) is 0 Å². The molecule has 10 aromatic rings. The molecule has 0 aliphatic rings. The number of rotatable bonds is 4. The van der Waals surface area contributed by atoms with Gasteiger partial charge in [-0.1, -0.05) is 140 Å². The minimum Gasteiger partial charge on any atom is -0.455 e. The first kappa shape index (κ1) is 27.5. The van der Waals surface area contributed by atoms with E-state index in [1.54, 1.807) is 0 Å². The molecule has 0 N–H and O–H groups in total. The van der Waals surface area contributed by atoms with Crippen LogP contribution in [0.5, 0.6) is 0 Å². The van der Waals surface area contributed by atoms with Gasteiger partial charge in [-0.15, -0.1) is 0 Å². The number of furan rings is 1. The third-order valence-electron chi connectivity index (χ3n) is 9.48. The Labute approximate surface area is 282 Å². The van der Waals surface area contributed by atoms with Crippen LogP contribution in [0.15, 0.2) is 168 Å². The molecule has 8 aromatic carbocycles. The number of nitrogens with zero attached hydrogens (tertiary/aromatic N) is 3. The smallest absolute Gasteiger partial charge is 0.164 e. The first-order valence-electron chi connectivity index (χ1n) is 16.4. The quantitative estimate of drug-likeness (QED) is 0.195. The second-order valence-corrected chi connectivity index (χ2v) is 12.4. The third-order valence-corrected chi connectivity index (χ3v) is 9.48. The summed E-state index contributed by atoms with van der Waals surface area (Å²) in [5, 5.41) is 9.19. The predicted molar refractivity (Wildman–Crippen MR) is 201 cm³/mol. The number of benzene rings is 8. The van der Waals surface area contributed by atoms with E-state index >= 15 is 0 Å². The van der Waals surface area contributed by atoms with E-state index < -0.39 is 0 Å². The van der Waals surface area contributed by atoms with E-state index in [1.165, 1.54) is 21.5 Å². The summed E-state index contributed by atoms with van der Waals surface area (Å²) in [6.45, 7) is 0. The molecule has 0 aliphatic heterocycles. The van der Waals surface area contributed by atoms with Gasteiger partial charge in [-0.3, -0.25) is 0 Å². The molecule has 0 bridgehead atoms. The van der Waals surface area contributed by atoms with Crippen LogP contribution in [0.25, 0.3) is 99.5 Å². The van der Waals surface area contributed by atoms with Crippen molar-refractivity contribution >= 4 is 54.3 Å². The molecule has 0 fully saturated rings. The lowest BCUT2D eigenvalue weighted by molar-refractivity contribution is 0.670. The molecule has 228 valence electrons. The molecule has 10 rings (SSSR count). The summed E-state index contributed by atoms with van der Waals surface area (Å²) in [5.74, 6) is 1.85. The van der Waals surface area contributed by atoms with Gasteiger partial charge in [0.25, 0.3) is 0 Å². The van der Waals surface area contributed by atoms with Crippen LogP contribution in [0.1, 0.15) is 0 Å². The largest absolute Gasteiger partial charge is 0.455 e. The fourth-order valence-electron chi connectivity index (χ4n) is 7.10. The van der Waals surface area contributed by atoms with Crippen molar-refractivity contribution in [1.82, 2.24) is 15.0 Å². The summed E-state index contributed by atoms with van der Waals surface area (Å²) in [4.78, 5) is 15.0. The second kappa shape index (κ2) is 11.0. The number of aromatic nitrogens is 3. The first-order valence-corrected chi connectivity index (χ1v) is 16.4. The zero-order chi connectivity index (χ0) is 32.3. The maximum absolute atomic E-state index is 6.86. The van der Waals surface area contributed by atoms with Crippen LogP contribution >= 0.6 is 0 Å². The lowest BCUT2D eigenvalue weighted by atomic mass is 9.92. The van der Waals surface area contributed by atoms with Gasteiger partial charge in [-0.25, -0.2) is 15.0 Å². The van der Waals surface area contributed by atoms with E-state index in [2.05, 4.69) is 133 Å². The highest BCUT2D eigenvalue weighted by molar-refractivity contribution is 6.21. The molecule has 4 nitrogen and oxygen atoms in total. The molecule has 2 aromatic heterocycles. The summed E-state index contributed by atoms with van der Waals surface area (Å²) in [6.07, 6.45) is 0. The van der Waals surface area contributed by atoms with Gasteiger partial charge >= 0.3 is 0 Å². The Bertz CT molecular complexity index is 2890. The molecule has 2 heterocycles. The van der Waals surface area contributed by atoms with Crippen LogP contribution in [0.3, 0.4) is 0 Å². The summed E-state index contributed by atoms with van der Waals surface area (Å²) >= 11 is 0. The van der Waals surface area contributed by atoms with Crippen LogP contribution < -0.4 is 0 Å². The number of hydrogen-bond acceptors (Lipinski definition) is 4. The molecule has 0 aliphatic carbocycles. The maximum atomic E-state index is 6.86. The Kier molecular flexibility index (Phi) is 6.15. The summed E-state index contributed by atoms with van der Waals surface area (Å²) in [5.41, 5.74) is 6.67. The molecule has 0 radical (unpaired) electrons. The average molecular weight is 626 g/mol. The van der Waals surface area contributed by atoms with Crippen molar-refractivity contribution in [3.8, 4) is 45.3 Å². The molecular formula is C45H27N3O. The maximum Gasteiger partial charge on any atom is 0.164 e. The second-order valence-electron chi connectivity index (χ2n) is 12.4. The van der Waals surface area contributed by atoms with E-state index in [0.29, 0.717) is 17.5 Å². The van der Waals surface area contributed by atoms with Gasteiger partial charge in [-0.2, -0.15) is 0 Å². The molecule has 0 spiro atoms. The molecule has 49 heavy (non-hydrogen) atoms. The van der Waals surface area contributed by atoms with Crippen molar-refractivity contribution in [2.75, 3.05) is 0 Å². The zero-order valence-electron chi connectivity index (χ0n) is 26.3. The van der Waals surface area contributed by atoms with Gasteiger partial charge in [0.05, 0.1) is 0 Å². The Morgan fingerprint density at radius 3 is 1.78 bits per heavy atom. The van der Waals surface area contributed by atoms with Gasteiger partial charge < -0.3 is 4.42 Å². The van der Waals surface area contributed by atoms with Gasteiger partial charge in [0, 0.05) is 33.0 Å². The van der Waals surface area contributed by atoms with Crippen molar-refractivity contribution in [1.29, 1.82) is 0 Å². The van der Waals surface area contributed by atoms with Gasteiger partial charge in [-0.05, 0) is 62.1 Å². The molecule has 4 heteroatoms. The van der Waals surface area contributed by atoms with Crippen molar-refractivity contribution < 1.29 is 4.42 Å². The number of fused-ring (bicyclic) bond motifs is 6. The molecule has 0 unspecified atom stereocenters. The highest BCUT2D eigenvalue weighted by Gasteiger charge is 2.19. The fourth-order valence-corrected chi connectivity index (χ4v) is 7.10. The Balaban J connectivity index is 1.20. The minimum absolute atomic E-state index is 0.596. The Morgan fingerprint density at radius 2 is 0.959 bits per heavy atom. The van der Waals surface area contributed by atoms with Gasteiger partial charge in [0.2, 0.25) is 0 Å². The lowest BCUT2D eigenvalue weighted by Gasteiger charge is -2.11. The van der Waals surface area contributed by atoms with E-state index in [0.717, 1.165) is 60.5 Å². The van der Waals surface area contributed by atoms with Crippen molar-refractivity contribution in [3.63, 3.8) is 0 Å². The van der Waals surface area contributed by atoms with Crippen molar-refractivity contribution in [2.45, 2.75) is 0 Å². The van der Waals surface area contributed by atoms with Crippen LogP contribution in [0.2, 0.25) is 0 Å². The summed E-state index contributed by atoms with van der Waals surface area (Å²) in [7, 11) is 0.